The highest BCUT2D eigenvalue weighted by atomic mass is 35.5. The van der Waals surface area contributed by atoms with E-state index in [0.29, 0.717) is 29.5 Å². The quantitative estimate of drug-likeness (QED) is 0.859. The van der Waals surface area contributed by atoms with Crippen molar-refractivity contribution in [2.75, 3.05) is 18.9 Å². The van der Waals surface area contributed by atoms with E-state index in [1.165, 1.54) is 11.3 Å². The summed E-state index contributed by atoms with van der Waals surface area (Å²) in [4.78, 5) is 11.6. The van der Waals surface area contributed by atoms with E-state index in [9.17, 15) is 4.79 Å². The normalized spacial score (nSPS) is 10.5. The summed E-state index contributed by atoms with van der Waals surface area (Å²) in [6, 6.07) is 7.62. The largest absolute Gasteiger partial charge is 0.319 e. The molecule has 0 bridgehead atoms. The van der Waals surface area contributed by atoms with Crippen LogP contribution in [0.25, 0.3) is 0 Å². The zero-order valence-electron chi connectivity index (χ0n) is 11.0. The number of halogens is 1. The molecule has 5 nitrogen and oxygen atoms in total. The molecule has 0 aliphatic heterocycles. The van der Waals surface area contributed by atoms with Gasteiger partial charge in [0.25, 0.3) is 0 Å². The molecule has 2 N–H and O–H groups in total. The fraction of sp³-hybridized carbons (Fsp3) is 0.308. The van der Waals surface area contributed by atoms with Crippen LogP contribution in [0.2, 0.25) is 5.02 Å². The van der Waals surface area contributed by atoms with Crippen LogP contribution in [0.1, 0.15) is 17.0 Å². The molecule has 106 valence electrons. The number of hydrogen-bond donors (Lipinski definition) is 2. The van der Waals surface area contributed by atoms with E-state index in [1.54, 1.807) is 7.05 Å². The molecule has 0 saturated carbocycles. The van der Waals surface area contributed by atoms with E-state index in [0.717, 1.165) is 10.6 Å². The van der Waals surface area contributed by atoms with Gasteiger partial charge in [-0.2, -0.15) is 0 Å². The van der Waals surface area contributed by atoms with Gasteiger partial charge in [0.2, 0.25) is 11.0 Å². The van der Waals surface area contributed by atoms with Crippen LogP contribution in [0.5, 0.6) is 0 Å². The summed E-state index contributed by atoms with van der Waals surface area (Å²) in [5.41, 5.74) is 1.07. The average molecular weight is 311 g/mol. The summed E-state index contributed by atoms with van der Waals surface area (Å²) in [6.45, 7) is 0.639. The third kappa shape index (κ3) is 4.56. The summed E-state index contributed by atoms with van der Waals surface area (Å²) in [6.07, 6.45) is 1.07. The van der Waals surface area contributed by atoms with Gasteiger partial charge in [-0.25, -0.2) is 0 Å². The topological polar surface area (TPSA) is 66.9 Å². The molecule has 2 aromatic rings. The van der Waals surface area contributed by atoms with Crippen molar-refractivity contribution in [3.05, 3.63) is 39.9 Å². The maximum atomic E-state index is 11.6. The van der Waals surface area contributed by atoms with Crippen LogP contribution < -0.4 is 10.6 Å². The Kier molecular flexibility index (Phi) is 5.46. The third-order valence-electron chi connectivity index (χ3n) is 2.56. The van der Waals surface area contributed by atoms with Crippen LogP contribution in [-0.2, 0) is 11.2 Å². The molecule has 0 radical (unpaired) electrons. The summed E-state index contributed by atoms with van der Waals surface area (Å²) in [5, 5.41) is 15.8. The fourth-order valence-corrected chi connectivity index (χ4v) is 2.62. The second-order valence-corrected chi connectivity index (χ2v) is 5.71. The van der Waals surface area contributed by atoms with Crippen molar-refractivity contribution in [3.63, 3.8) is 0 Å². The van der Waals surface area contributed by atoms with Gasteiger partial charge in [-0.05, 0) is 24.7 Å². The molecule has 0 saturated heterocycles. The molecule has 0 aliphatic carbocycles. The first-order valence-electron chi connectivity index (χ1n) is 6.18. The van der Waals surface area contributed by atoms with Gasteiger partial charge in [-0.3, -0.25) is 4.79 Å². The molecule has 0 atom stereocenters. The van der Waals surface area contributed by atoms with Gasteiger partial charge >= 0.3 is 0 Å². The standard InChI is InChI=1S/C13H15ClN4OS/c1-15-6-5-11(19)16-13-18-17-12(20-13)8-9-3-2-4-10(14)7-9/h2-4,7,15H,5-6,8H2,1H3,(H,16,18,19). The molecule has 0 unspecified atom stereocenters. The zero-order valence-corrected chi connectivity index (χ0v) is 12.6. The average Bonchev–Trinajstić information content (AvgIpc) is 2.83. The molecular formula is C13H15ClN4OS. The minimum absolute atomic E-state index is 0.0650. The lowest BCUT2D eigenvalue weighted by Gasteiger charge is -1.99. The lowest BCUT2D eigenvalue weighted by molar-refractivity contribution is -0.116. The molecule has 2 rings (SSSR count). The number of amides is 1. The molecule has 1 amide bonds. The predicted molar refractivity (Wildman–Crippen MR) is 81.3 cm³/mol. The van der Waals surface area contributed by atoms with Crippen molar-refractivity contribution in [2.45, 2.75) is 12.8 Å². The minimum Gasteiger partial charge on any atom is -0.319 e. The van der Waals surface area contributed by atoms with E-state index in [-0.39, 0.29) is 5.91 Å². The first kappa shape index (κ1) is 14.9. The monoisotopic (exact) mass is 310 g/mol. The van der Waals surface area contributed by atoms with E-state index >= 15 is 0 Å². The van der Waals surface area contributed by atoms with Crippen LogP contribution in [0.15, 0.2) is 24.3 Å². The second-order valence-electron chi connectivity index (χ2n) is 4.21. The van der Waals surface area contributed by atoms with Crippen molar-refractivity contribution in [2.24, 2.45) is 0 Å². The highest BCUT2D eigenvalue weighted by Gasteiger charge is 2.08. The summed E-state index contributed by atoms with van der Waals surface area (Å²) < 4.78 is 0. The van der Waals surface area contributed by atoms with Crippen LogP contribution in [0.4, 0.5) is 5.13 Å². The zero-order chi connectivity index (χ0) is 14.4. The Morgan fingerprint density at radius 2 is 2.25 bits per heavy atom. The van der Waals surface area contributed by atoms with E-state index < -0.39 is 0 Å². The SMILES string of the molecule is CNCCC(=O)Nc1nnc(Cc2cccc(Cl)c2)s1. The molecule has 0 spiro atoms. The van der Waals surface area contributed by atoms with E-state index in [4.69, 9.17) is 11.6 Å². The minimum atomic E-state index is -0.0650. The van der Waals surface area contributed by atoms with Gasteiger partial charge in [0, 0.05) is 24.4 Å². The highest BCUT2D eigenvalue weighted by Crippen LogP contribution is 2.20. The van der Waals surface area contributed by atoms with E-state index in [2.05, 4.69) is 20.8 Å². The number of aromatic nitrogens is 2. The molecule has 1 aromatic carbocycles. The lowest BCUT2D eigenvalue weighted by Crippen LogP contribution is -2.18. The number of carbonyl (C=O) groups excluding carboxylic acids is 1. The smallest absolute Gasteiger partial charge is 0.227 e. The molecular weight excluding hydrogens is 296 g/mol. The Morgan fingerprint density at radius 3 is 3.00 bits per heavy atom. The lowest BCUT2D eigenvalue weighted by atomic mass is 10.2. The Bertz CT molecular complexity index is 587. The van der Waals surface area contributed by atoms with Crippen molar-refractivity contribution < 1.29 is 4.79 Å². The van der Waals surface area contributed by atoms with Crippen molar-refractivity contribution >= 4 is 34.0 Å². The fourth-order valence-electron chi connectivity index (χ4n) is 1.62. The maximum Gasteiger partial charge on any atom is 0.227 e. The van der Waals surface area contributed by atoms with Gasteiger partial charge < -0.3 is 10.6 Å². The van der Waals surface area contributed by atoms with E-state index in [1.807, 2.05) is 24.3 Å². The second kappa shape index (κ2) is 7.33. The first-order valence-corrected chi connectivity index (χ1v) is 7.38. The molecule has 0 aliphatic rings. The Labute approximate surface area is 126 Å². The number of nitrogens with zero attached hydrogens (tertiary/aromatic N) is 2. The van der Waals surface area contributed by atoms with Crippen molar-refractivity contribution in [1.82, 2.24) is 15.5 Å². The number of rotatable bonds is 6. The number of hydrogen-bond acceptors (Lipinski definition) is 5. The van der Waals surface area contributed by atoms with Gasteiger partial charge in [0.1, 0.15) is 5.01 Å². The Balaban J connectivity index is 1.93. The first-order chi connectivity index (χ1) is 9.67. The molecule has 20 heavy (non-hydrogen) atoms. The Morgan fingerprint density at radius 1 is 1.40 bits per heavy atom. The number of anilines is 1. The Hall–Kier alpha value is -1.50. The maximum absolute atomic E-state index is 11.6. The van der Waals surface area contributed by atoms with Gasteiger partial charge in [-0.15, -0.1) is 10.2 Å². The predicted octanol–water partition coefficient (Wildman–Crippen LogP) is 2.33. The van der Waals surface area contributed by atoms with Crippen LogP contribution in [0, 0.1) is 0 Å². The highest BCUT2D eigenvalue weighted by molar-refractivity contribution is 7.15. The van der Waals surface area contributed by atoms with Gasteiger partial charge in [-0.1, -0.05) is 35.1 Å². The van der Waals surface area contributed by atoms with Gasteiger partial charge in [0.15, 0.2) is 0 Å². The van der Waals surface area contributed by atoms with Gasteiger partial charge in [0.05, 0.1) is 0 Å². The van der Waals surface area contributed by atoms with Crippen LogP contribution >= 0.6 is 22.9 Å². The molecule has 1 aromatic heterocycles. The molecule has 1 heterocycles. The molecule has 0 fully saturated rings. The third-order valence-corrected chi connectivity index (χ3v) is 3.63. The molecule has 7 heteroatoms. The van der Waals surface area contributed by atoms with Crippen molar-refractivity contribution in [3.8, 4) is 0 Å². The number of nitrogens with one attached hydrogen (secondary N) is 2. The van der Waals surface area contributed by atoms with Crippen LogP contribution in [-0.4, -0.2) is 29.7 Å². The van der Waals surface area contributed by atoms with Crippen LogP contribution in [0.3, 0.4) is 0 Å². The number of benzene rings is 1. The summed E-state index contributed by atoms with van der Waals surface area (Å²) >= 11 is 7.32. The number of carbonyl (C=O) groups is 1. The van der Waals surface area contributed by atoms with Crippen molar-refractivity contribution in [1.29, 1.82) is 0 Å². The summed E-state index contributed by atoms with van der Waals surface area (Å²) in [7, 11) is 1.81. The summed E-state index contributed by atoms with van der Waals surface area (Å²) in [5.74, 6) is -0.0650.